The molecule has 1 aliphatic rings. The van der Waals surface area contributed by atoms with E-state index < -0.39 is 5.91 Å². The molecule has 0 bridgehead atoms. The topological polar surface area (TPSA) is 54.5 Å². The Morgan fingerprint density at radius 1 is 1.29 bits per heavy atom. The second-order valence-electron chi connectivity index (χ2n) is 6.93. The van der Waals surface area contributed by atoms with Crippen LogP contribution in [0.15, 0.2) is 18.2 Å². The minimum absolute atomic E-state index is 0.0259. The zero-order chi connectivity index (χ0) is 17.9. The number of benzene rings is 1. The molecule has 1 aromatic carbocycles. The molecule has 5 heteroatoms. The van der Waals surface area contributed by atoms with Crippen LogP contribution in [0, 0.1) is 18.8 Å². The van der Waals surface area contributed by atoms with Crippen molar-refractivity contribution in [2.45, 2.75) is 40.0 Å². The van der Waals surface area contributed by atoms with Gasteiger partial charge in [-0.25, -0.2) is 0 Å². The number of carbonyl (C=O) groups is 3. The second-order valence-corrected chi connectivity index (χ2v) is 7.37. The predicted molar refractivity (Wildman–Crippen MR) is 94.3 cm³/mol. The van der Waals surface area contributed by atoms with Crippen LogP contribution >= 0.6 is 11.6 Å². The van der Waals surface area contributed by atoms with E-state index in [2.05, 4.69) is 0 Å². The van der Waals surface area contributed by atoms with Crippen LogP contribution in [0.25, 0.3) is 0 Å². The molecule has 1 aliphatic heterocycles. The average Bonchev–Trinajstić information content (AvgIpc) is 2.53. The van der Waals surface area contributed by atoms with Gasteiger partial charge in [0, 0.05) is 36.0 Å². The van der Waals surface area contributed by atoms with Gasteiger partial charge in [0.15, 0.2) is 5.78 Å². The first-order valence-electron chi connectivity index (χ1n) is 8.42. The Kier molecular flexibility index (Phi) is 6.16. The Labute approximate surface area is 148 Å². The monoisotopic (exact) mass is 349 g/mol. The minimum atomic E-state index is -0.450. The van der Waals surface area contributed by atoms with Crippen molar-refractivity contribution in [2.24, 2.45) is 11.8 Å². The largest absolute Gasteiger partial charge is 0.335 e. The van der Waals surface area contributed by atoms with E-state index in [1.807, 2.05) is 20.8 Å². The molecule has 0 radical (unpaired) electrons. The Bertz CT molecular complexity index is 654. The van der Waals surface area contributed by atoms with E-state index in [1.165, 1.54) is 0 Å². The van der Waals surface area contributed by atoms with Crippen molar-refractivity contribution < 1.29 is 14.4 Å². The standard InChI is InChI=1S/C19H24ClNO3/c1-12(2)9-17(22)19(24)21-8-4-5-14(11-21)18(23)16-7-6-15(20)10-13(16)3/h6-7,10,12,14H,4-5,8-9,11H2,1-3H3/t14-/m0/s1. The summed E-state index contributed by atoms with van der Waals surface area (Å²) >= 11 is 5.95. The summed E-state index contributed by atoms with van der Waals surface area (Å²) in [5.41, 5.74) is 1.49. The van der Waals surface area contributed by atoms with Gasteiger partial charge in [0.05, 0.1) is 0 Å². The molecule has 0 unspecified atom stereocenters. The summed E-state index contributed by atoms with van der Waals surface area (Å²) in [6.07, 6.45) is 1.73. The number of halogens is 1. The number of rotatable bonds is 5. The number of likely N-dealkylation sites (tertiary alicyclic amines) is 1. The molecule has 0 spiro atoms. The number of aryl methyl sites for hydroxylation is 1. The van der Waals surface area contributed by atoms with Gasteiger partial charge in [-0.05, 0) is 49.4 Å². The zero-order valence-corrected chi connectivity index (χ0v) is 15.2. The lowest BCUT2D eigenvalue weighted by Crippen LogP contribution is -2.45. The van der Waals surface area contributed by atoms with Crippen molar-refractivity contribution in [3.63, 3.8) is 0 Å². The van der Waals surface area contributed by atoms with Gasteiger partial charge in [0.1, 0.15) is 0 Å². The highest BCUT2D eigenvalue weighted by atomic mass is 35.5. The van der Waals surface area contributed by atoms with Crippen LogP contribution < -0.4 is 0 Å². The Morgan fingerprint density at radius 2 is 2.00 bits per heavy atom. The van der Waals surface area contributed by atoms with Crippen molar-refractivity contribution in [3.05, 3.63) is 34.3 Å². The lowest BCUT2D eigenvalue weighted by molar-refractivity contribution is -0.146. The third-order valence-corrected chi connectivity index (χ3v) is 4.60. The average molecular weight is 350 g/mol. The summed E-state index contributed by atoms with van der Waals surface area (Å²) in [6, 6.07) is 5.22. The highest BCUT2D eigenvalue weighted by molar-refractivity contribution is 6.36. The number of carbonyl (C=O) groups excluding carboxylic acids is 3. The summed E-state index contributed by atoms with van der Waals surface area (Å²) in [6.45, 7) is 6.56. The number of piperidine rings is 1. The van der Waals surface area contributed by atoms with Crippen molar-refractivity contribution in [1.29, 1.82) is 0 Å². The second kappa shape index (κ2) is 7.93. The summed E-state index contributed by atoms with van der Waals surface area (Å²) in [5, 5.41) is 0.601. The molecule has 0 aromatic heterocycles. The van der Waals surface area contributed by atoms with Crippen molar-refractivity contribution in [3.8, 4) is 0 Å². The molecule has 1 atom stereocenters. The van der Waals surface area contributed by atoms with Gasteiger partial charge >= 0.3 is 0 Å². The van der Waals surface area contributed by atoms with Gasteiger partial charge in [-0.1, -0.05) is 25.4 Å². The van der Waals surface area contributed by atoms with Crippen LogP contribution in [0.4, 0.5) is 0 Å². The van der Waals surface area contributed by atoms with Crippen LogP contribution in [0.5, 0.6) is 0 Å². The number of amides is 1. The first-order valence-corrected chi connectivity index (χ1v) is 8.80. The fourth-order valence-corrected chi connectivity index (χ4v) is 3.36. The highest BCUT2D eigenvalue weighted by Gasteiger charge is 2.32. The van der Waals surface area contributed by atoms with E-state index in [4.69, 9.17) is 11.6 Å². The molecule has 24 heavy (non-hydrogen) atoms. The third-order valence-electron chi connectivity index (χ3n) is 4.37. The molecule has 1 fully saturated rings. The van der Waals surface area contributed by atoms with Gasteiger partial charge < -0.3 is 4.90 Å². The van der Waals surface area contributed by atoms with Crippen molar-refractivity contribution in [2.75, 3.05) is 13.1 Å². The molecule has 130 valence electrons. The van der Waals surface area contributed by atoms with Crippen molar-refractivity contribution >= 4 is 29.1 Å². The molecule has 2 rings (SSSR count). The lowest BCUT2D eigenvalue weighted by atomic mass is 9.88. The highest BCUT2D eigenvalue weighted by Crippen LogP contribution is 2.24. The molecule has 1 amide bonds. The molecular formula is C19H24ClNO3. The van der Waals surface area contributed by atoms with Gasteiger partial charge in [-0.2, -0.15) is 0 Å². The van der Waals surface area contributed by atoms with Crippen molar-refractivity contribution in [1.82, 2.24) is 4.90 Å². The van der Waals surface area contributed by atoms with Gasteiger partial charge in [0.2, 0.25) is 5.78 Å². The van der Waals surface area contributed by atoms with E-state index in [0.717, 1.165) is 18.4 Å². The SMILES string of the molecule is Cc1cc(Cl)ccc1C(=O)[C@H]1CCCN(C(=O)C(=O)CC(C)C)C1. The fourth-order valence-electron chi connectivity index (χ4n) is 3.13. The Morgan fingerprint density at radius 3 is 2.62 bits per heavy atom. The molecule has 1 heterocycles. The first-order chi connectivity index (χ1) is 11.3. The van der Waals surface area contributed by atoms with E-state index in [-0.39, 0.29) is 29.8 Å². The van der Waals surface area contributed by atoms with Crippen LogP contribution in [-0.2, 0) is 9.59 Å². The Balaban J connectivity index is 2.08. The molecule has 0 saturated carbocycles. The maximum Gasteiger partial charge on any atom is 0.289 e. The van der Waals surface area contributed by atoms with E-state index >= 15 is 0 Å². The van der Waals surface area contributed by atoms with E-state index in [0.29, 0.717) is 23.7 Å². The molecule has 4 nitrogen and oxygen atoms in total. The summed E-state index contributed by atoms with van der Waals surface area (Å²) in [5.74, 6) is -0.886. The Hall–Kier alpha value is -1.68. The normalized spacial score (nSPS) is 17.9. The summed E-state index contributed by atoms with van der Waals surface area (Å²) in [7, 11) is 0. The zero-order valence-electron chi connectivity index (χ0n) is 14.5. The molecular weight excluding hydrogens is 326 g/mol. The van der Waals surface area contributed by atoms with Gasteiger partial charge in [-0.15, -0.1) is 0 Å². The number of hydrogen-bond acceptors (Lipinski definition) is 3. The predicted octanol–water partition coefficient (Wildman–Crippen LogP) is 3.68. The fraction of sp³-hybridized carbons (Fsp3) is 0.526. The van der Waals surface area contributed by atoms with Gasteiger partial charge in [0.25, 0.3) is 5.91 Å². The first kappa shape index (κ1) is 18.7. The van der Waals surface area contributed by atoms with Crippen LogP contribution in [0.2, 0.25) is 5.02 Å². The number of hydrogen-bond donors (Lipinski definition) is 0. The molecule has 1 aromatic rings. The quantitative estimate of drug-likeness (QED) is 0.601. The number of Topliss-reactive ketones (excluding diaryl/α,β-unsaturated/α-hetero) is 2. The minimum Gasteiger partial charge on any atom is -0.335 e. The van der Waals surface area contributed by atoms with Crippen LogP contribution in [0.1, 0.15) is 49.0 Å². The van der Waals surface area contributed by atoms with Crippen LogP contribution in [0.3, 0.4) is 0 Å². The third kappa shape index (κ3) is 4.44. The maximum atomic E-state index is 12.8. The lowest BCUT2D eigenvalue weighted by Gasteiger charge is -2.32. The van der Waals surface area contributed by atoms with E-state index in [9.17, 15) is 14.4 Å². The smallest absolute Gasteiger partial charge is 0.289 e. The molecule has 0 aliphatic carbocycles. The molecule has 1 saturated heterocycles. The number of nitrogens with zero attached hydrogens (tertiary/aromatic N) is 1. The van der Waals surface area contributed by atoms with Crippen LogP contribution in [-0.4, -0.2) is 35.5 Å². The summed E-state index contributed by atoms with van der Waals surface area (Å²) in [4.78, 5) is 38.6. The maximum absolute atomic E-state index is 12.8. The van der Waals surface area contributed by atoms with E-state index in [1.54, 1.807) is 23.1 Å². The van der Waals surface area contributed by atoms with Gasteiger partial charge in [-0.3, -0.25) is 14.4 Å². The summed E-state index contributed by atoms with van der Waals surface area (Å²) < 4.78 is 0. The number of ketones is 2. The molecule has 0 N–H and O–H groups in total.